The van der Waals surface area contributed by atoms with Gasteiger partial charge in [0.05, 0.1) is 21.3 Å². The average Bonchev–Trinajstić information content (AvgIpc) is 3.34. The van der Waals surface area contributed by atoms with Crippen molar-refractivity contribution in [2.75, 3.05) is 40.0 Å². The molecule has 0 saturated carbocycles. The molecule has 3 aromatic rings. The standard InChI is InChI=1S/C26H28N2O6/c1-30-21-8-6-20(7-9-21)27-26(29)28(16-19-5-11-23-25(15-19)34-17-33-23)13-12-18-4-10-22(31-2)24(14-18)32-3/h4-11,14-15H,12-13,16-17H2,1-3H3,(H,27,29). The van der Waals surface area contributed by atoms with Gasteiger partial charge < -0.3 is 33.9 Å². The number of carbonyl (C=O) groups is 1. The van der Waals surface area contributed by atoms with E-state index in [0.717, 1.165) is 16.9 Å². The minimum atomic E-state index is -0.205. The zero-order chi connectivity index (χ0) is 23.9. The number of carbonyl (C=O) groups excluding carboxylic acids is 1. The highest BCUT2D eigenvalue weighted by Crippen LogP contribution is 2.33. The average molecular weight is 465 g/mol. The lowest BCUT2D eigenvalue weighted by molar-refractivity contribution is 0.174. The van der Waals surface area contributed by atoms with Gasteiger partial charge in [-0.3, -0.25) is 0 Å². The van der Waals surface area contributed by atoms with E-state index < -0.39 is 0 Å². The molecule has 1 N–H and O–H groups in total. The normalized spacial score (nSPS) is 11.6. The fraction of sp³-hybridized carbons (Fsp3) is 0.269. The second-order valence-corrected chi connectivity index (χ2v) is 7.71. The topological polar surface area (TPSA) is 78.5 Å². The smallest absolute Gasteiger partial charge is 0.322 e. The highest BCUT2D eigenvalue weighted by molar-refractivity contribution is 5.89. The van der Waals surface area contributed by atoms with E-state index in [9.17, 15) is 4.79 Å². The molecule has 0 fully saturated rings. The van der Waals surface area contributed by atoms with Crippen LogP contribution in [0.3, 0.4) is 0 Å². The van der Waals surface area contributed by atoms with Crippen molar-refractivity contribution in [2.45, 2.75) is 13.0 Å². The maximum absolute atomic E-state index is 13.2. The molecule has 2 amide bonds. The molecule has 1 heterocycles. The number of urea groups is 1. The molecular weight excluding hydrogens is 436 g/mol. The summed E-state index contributed by atoms with van der Waals surface area (Å²) in [5.41, 5.74) is 2.67. The van der Waals surface area contributed by atoms with Crippen LogP contribution in [0, 0.1) is 0 Å². The molecule has 8 nitrogen and oxygen atoms in total. The van der Waals surface area contributed by atoms with Gasteiger partial charge in [-0.05, 0) is 66.1 Å². The Morgan fingerprint density at radius 1 is 0.853 bits per heavy atom. The van der Waals surface area contributed by atoms with Crippen LogP contribution in [0.2, 0.25) is 0 Å². The fourth-order valence-electron chi connectivity index (χ4n) is 3.69. The number of amides is 2. The summed E-state index contributed by atoms with van der Waals surface area (Å²) < 4.78 is 26.8. The summed E-state index contributed by atoms with van der Waals surface area (Å²) in [6, 6.07) is 18.5. The first-order valence-electron chi connectivity index (χ1n) is 10.9. The molecule has 178 valence electrons. The monoisotopic (exact) mass is 464 g/mol. The highest BCUT2D eigenvalue weighted by atomic mass is 16.7. The van der Waals surface area contributed by atoms with E-state index in [4.69, 9.17) is 23.7 Å². The van der Waals surface area contributed by atoms with Crippen molar-refractivity contribution in [3.63, 3.8) is 0 Å². The van der Waals surface area contributed by atoms with Crippen LogP contribution in [0.15, 0.2) is 60.7 Å². The van der Waals surface area contributed by atoms with Gasteiger partial charge >= 0.3 is 6.03 Å². The van der Waals surface area contributed by atoms with Gasteiger partial charge in [0, 0.05) is 18.8 Å². The van der Waals surface area contributed by atoms with Crippen LogP contribution in [-0.2, 0) is 13.0 Å². The Hall–Kier alpha value is -4.07. The van der Waals surface area contributed by atoms with Gasteiger partial charge in [-0.1, -0.05) is 12.1 Å². The molecule has 0 bridgehead atoms. The van der Waals surface area contributed by atoms with Crippen molar-refractivity contribution < 1.29 is 28.5 Å². The quantitative estimate of drug-likeness (QED) is 0.494. The number of anilines is 1. The van der Waals surface area contributed by atoms with Gasteiger partial charge in [-0.2, -0.15) is 0 Å². The van der Waals surface area contributed by atoms with Crippen LogP contribution in [0.4, 0.5) is 10.5 Å². The molecule has 0 unspecified atom stereocenters. The van der Waals surface area contributed by atoms with Crippen LogP contribution in [-0.4, -0.2) is 45.6 Å². The zero-order valence-electron chi connectivity index (χ0n) is 19.5. The first-order chi connectivity index (χ1) is 16.6. The maximum atomic E-state index is 13.2. The molecule has 4 rings (SSSR count). The molecule has 0 aliphatic carbocycles. The lowest BCUT2D eigenvalue weighted by Gasteiger charge is -2.24. The molecule has 0 atom stereocenters. The molecule has 8 heteroatoms. The molecule has 0 spiro atoms. The van der Waals surface area contributed by atoms with Crippen LogP contribution in [0.5, 0.6) is 28.7 Å². The summed E-state index contributed by atoms with van der Waals surface area (Å²) in [5, 5.41) is 2.97. The fourth-order valence-corrected chi connectivity index (χ4v) is 3.69. The van der Waals surface area contributed by atoms with Crippen molar-refractivity contribution in [2.24, 2.45) is 0 Å². The number of hydrogen-bond donors (Lipinski definition) is 1. The molecule has 34 heavy (non-hydrogen) atoms. The van der Waals surface area contributed by atoms with E-state index in [0.29, 0.717) is 48.2 Å². The SMILES string of the molecule is COc1ccc(NC(=O)N(CCc2ccc(OC)c(OC)c2)Cc2ccc3c(c2)OCO3)cc1. The summed E-state index contributed by atoms with van der Waals surface area (Å²) in [4.78, 5) is 15.0. The van der Waals surface area contributed by atoms with E-state index in [1.807, 2.05) is 48.5 Å². The molecule has 3 aromatic carbocycles. The van der Waals surface area contributed by atoms with E-state index in [2.05, 4.69) is 5.32 Å². The first kappa shape index (κ1) is 23.1. The van der Waals surface area contributed by atoms with Gasteiger partial charge in [-0.15, -0.1) is 0 Å². The van der Waals surface area contributed by atoms with Crippen LogP contribution >= 0.6 is 0 Å². The van der Waals surface area contributed by atoms with Crippen LogP contribution < -0.4 is 29.0 Å². The Balaban J connectivity index is 1.50. The van der Waals surface area contributed by atoms with Crippen LogP contribution in [0.1, 0.15) is 11.1 Å². The molecule has 0 aromatic heterocycles. The lowest BCUT2D eigenvalue weighted by atomic mass is 10.1. The van der Waals surface area contributed by atoms with Gasteiger partial charge in [-0.25, -0.2) is 4.79 Å². The third kappa shape index (κ3) is 5.46. The summed E-state index contributed by atoms with van der Waals surface area (Å²) >= 11 is 0. The Morgan fingerprint density at radius 3 is 2.32 bits per heavy atom. The van der Waals surface area contributed by atoms with Gasteiger partial charge in [0.1, 0.15) is 5.75 Å². The summed E-state index contributed by atoms with van der Waals surface area (Å²) in [6.45, 7) is 1.11. The van der Waals surface area contributed by atoms with Gasteiger partial charge in [0.15, 0.2) is 23.0 Å². The summed E-state index contributed by atoms with van der Waals surface area (Å²) in [5.74, 6) is 3.45. The van der Waals surface area contributed by atoms with Crippen molar-refractivity contribution in [3.8, 4) is 28.7 Å². The first-order valence-corrected chi connectivity index (χ1v) is 10.9. The molecular formula is C26H28N2O6. The van der Waals surface area contributed by atoms with Crippen molar-refractivity contribution in [1.82, 2.24) is 4.90 Å². The molecule has 0 radical (unpaired) electrons. The van der Waals surface area contributed by atoms with Gasteiger partial charge in [0.2, 0.25) is 6.79 Å². The second kappa shape index (κ2) is 10.7. The highest BCUT2D eigenvalue weighted by Gasteiger charge is 2.18. The third-order valence-corrected chi connectivity index (χ3v) is 5.56. The Morgan fingerprint density at radius 2 is 1.59 bits per heavy atom. The Labute approximate surface area is 198 Å². The number of methoxy groups -OCH3 is 3. The maximum Gasteiger partial charge on any atom is 0.322 e. The molecule has 0 saturated heterocycles. The number of nitrogens with zero attached hydrogens (tertiary/aromatic N) is 1. The van der Waals surface area contributed by atoms with E-state index in [1.54, 1.807) is 38.4 Å². The minimum Gasteiger partial charge on any atom is -0.497 e. The largest absolute Gasteiger partial charge is 0.497 e. The molecule has 1 aliphatic rings. The number of nitrogens with one attached hydrogen (secondary N) is 1. The number of hydrogen-bond acceptors (Lipinski definition) is 6. The predicted molar refractivity (Wildman–Crippen MR) is 128 cm³/mol. The third-order valence-electron chi connectivity index (χ3n) is 5.56. The number of rotatable bonds is 9. The zero-order valence-corrected chi connectivity index (χ0v) is 19.5. The number of ether oxygens (including phenoxy) is 5. The van der Waals surface area contributed by atoms with E-state index >= 15 is 0 Å². The number of fused-ring (bicyclic) bond motifs is 1. The second-order valence-electron chi connectivity index (χ2n) is 7.71. The minimum absolute atomic E-state index is 0.205. The Kier molecular flexibility index (Phi) is 7.27. The van der Waals surface area contributed by atoms with Crippen LogP contribution in [0.25, 0.3) is 0 Å². The molecule has 1 aliphatic heterocycles. The van der Waals surface area contributed by atoms with Crippen molar-refractivity contribution in [1.29, 1.82) is 0 Å². The predicted octanol–water partition coefficient (Wildman–Crippen LogP) is 4.72. The lowest BCUT2D eigenvalue weighted by Crippen LogP contribution is -2.36. The summed E-state index contributed by atoms with van der Waals surface area (Å²) in [7, 11) is 4.82. The van der Waals surface area contributed by atoms with Crippen molar-refractivity contribution in [3.05, 3.63) is 71.8 Å². The summed E-state index contributed by atoms with van der Waals surface area (Å²) in [6.07, 6.45) is 0.640. The van der Waals surface area contributed by atoms with Crippen molar-refractivity contribution >= 4 is 11.7 Å². The van der Waals surface area contributed by atoms with E-state index in [1.165, 1.54) is 0 Å². The Bertz CT molecular complexity index is 1130. The van der Waals surface area contributed by atoms with Gasteiger partial charge in [0.25, 0.3) is 0 Å². The number of benzene rings is 3. The van der Waals surface area contributed by atoms with E-state index in [-0.39, 0.29) is 12.8 Å².